The lowest BCUT2D eigenvalue weighted by Gasteiger charge is -2.03. The zero-order valence-corrected chi connectivity index (χ0v) is 10.8. The number of nitrogens with zero attached hydrogens (tertiary/aromatic N) is 1. The number of alkyl halides is 1. The SMILES string of the molecule is Cc1cc2cc(NC(=O)CBr)ccc2n1C. The Bertz CT molecular complexity index is 545. The van der Waals surface area contributed by atoms with E-state index in [1.807, 2.05) is 25.2 Å². The first-order valence-corrected chi connectivity index (χ1v) is 6.16. The molecule has 0 atom stereocenters. The largest absolute Gasteiger partial charge is 0.348 e. The molecule has 1 aromatic carbocycles. The Morgan fingerprint density at radius 2 is 2.19 bits per heavy atom. The third kappa shape index (κ3) is 1.97. The maximum Gasteiger partial charge on any atom is 0.235 e. The molecule has 0 bridgehead atoms. The van der Waals surface area contributed by atoms with Crippen LogP contribution in [-0.2, 0) is 11.8 Å². The van der Waals surface area contributed by atoms with Crippen molar-refractivity contribution in [2.45, 2.75) is 6.92 Å². The number of benzene rings is 1. The summed E-state index contributed by atoms with van der Waals surface area (Å²) in [6, 6.07) is 8.04. The number of hydrogen-bond acceptors (Lipinski definition) is 1. The van der Waals surface area contributed by atoms with E-state index >= 15 is 0 Å². The minimum absolute atomic E-state index is 0.0352. The minimum atomic E-state index is -0.0352. The number of carbonyl (C=O) groups is 1. The Kier molecular flexibility index (Phi) is 3.01. The molecule has 1 heterocycles. The van der Waals surface area contributed by atoms with E-state index in [9.17, 15) is 4.79 Å². The van der Waals surface area contributed by atoms with Crippen LogP contribution in [0.2, 0.25) is 0 Å². The Hall–Kier alpha value is -1.29. The van der Waals surface area contributed by atoms with Gasteiger partial charge in [0, 0.05) is 29.3 Å². The van der Waals surface area contributed by atoms with Gasteiger partial charge >= 0.3 is 0 Å². The summed E-state index contributed by atoms with van der Waals surface area (Å²) in [5.41, 5.74) is 3.22. The van der Waals surface area contributed by atoms with Crippen LogP contribution >= 0.6 is 15.9 Å². The van der Waals surface area contributed by atoms with Gasteiger partial charge in [0.2, 0.25) is 5.91 Å². The predicted octanol–water partition coefficient (Wildman–Crippen LogP) is 2.82. The number of carbonyl (C=O) groups excluding carboxylic acids is 1. The fraction of sp³-hybridized carbons (Fsp3) is 0.250. The smallest absolute Gasteiger partial charge is 0.235 e. The van der Waals surface area contributed by atoms with Gasteiger partial charge in [-0.3, -0.25) is 4.79 Å². The Morgan fingerprint density at radius 3 is 2.88 bits per heavy atom. The zero-order valence-electron chi connectivity index (χ0n) is 9.25. The molecule has 0 radical (unpaired) electrons. The number of aromatic nitrogens is 1. The number of fused-ring (bicyclic) bond motifs is 1. The Balaban J connectivity index is 2.41. The summed E-state index contributed by atoms with van der Waals surface area (Å²) in [6.07, 6.45) is 0. The molecule has 0 aliphatic heterocycles. The normalized spacial score (nSPS) is 10.7. The van der Waals surface area contributed by atoms with Gasteiger partial charge in [-0.05, 0) is 31.2 Å². The first-order chi connectivity index (χ1) is 7.61. The molecule has 0 aliphatic carbocycles. The van der Waals surface area contributed by atoms with Crippen LogP contribution in [0, 0.1) is 6.92 Å². The first kappa shape index (κ1) is 11.2. The van der Waals surface area contributed by atoms with Crippen LogP contribution in [0.25, 0.3) is 10.9 Å². The summed E-state index contributed by atoms with van der Waals surface area (Å²) in [7, 11) is 2.04. The molecule has 16 heavy (non-hydrogen) atoms. The molecule has 0 fully saturated rings. The Morgan fingerprint density at radius 1 is 1.44 bits per heavy atom. The van der Waals surface area contributed by atoms with Crippen LogP contribution in [0.3, 0.4) is 0 Å². The van der Waals surface area contributed by atoms with Crippen LogP contribution in [-0.4, -0.2) is 15.8 Å². The van der Waals surface area contributed by atoms with Crippen LogP contribution in [0.15, 0.2) is 24.3 Å². The second-order valence-electron chi connectivity index (χ2n) is 3.80. The van der Waals surface area contributed by atoms with E-state index in [0.29, 0.717) is 5.33 Å². The molecule has 2 aromatic rings. The number of anilines is 1. The van der Waals surface area contributed by atoms with Crippen molar-refractivity contribution < 1.29 is 4.79 Å². The molecular formula is C12H13BrN2O. The quantitative estimate of drug-likeness (QED) is 0.844. The summed E-state index contributed by atoms with van der Waals surface area (Å²) in [4.78, 5) is 11.2. The van der Waals surface area contributed by atoms with Crippen molar-refractivity contribution in [1.82, 2.24) is 4.57 Å². The van der Waals surface area contributed by atoms with Gasteiger partial charge < -0.3 is 9.88 Å². The zero-order chi connectivity index (χ0) is 11.7. The van der Waals surface area contributed by atoms with E-state index in [1.165, 1.54) is 11.2 Å². The summed E-state index contributed by atoms with van der Waals surface area (Å²) in [5, 5.41) is 4.28. The van der Waals surface area contributed by atoms with Gasteiger partial charge in [0.15, 0.2) is 0 Å². The summed E-state index contributed by atoms with van der Waals surface area (Å²) in [6.45, 7) is 2.07. The van der Waals surface area contributed by atoms with Crippen molar-refractivity contribution in [3.63, 3.8) is 0 Å². The van der Waals surface area contributed by atoms with E-state index in [2.05, 4.69) is 38.8 Å². The van der Waals surface area contributed by atoms with Gasteiger partial charge in [-0.1, -0.05) is 15.9 Å². The topological polar surface area (TPSA) is 34.0 Å². The second-order valence-corrected chi connectivity index (χ2v) is 4.36. The molecule has 0 aliphatic rings. The van der Waals surface area contributed by atoms with E-state index in [-0.39, 0.29) is 5.91 Å². The molecular weight excluding hydrogens is 268 g/mol. The molecule has 0 saturated carbocycles. The van der Waals surface area contributed by atoms with Gasteiger partial charge in [0.25, 0.3) is 0 Å². The van der Waals surface area contributed by atoms with Gasteiger partial charge in [-0.2, -0.15) is 0 Å². The number of halogens is 1. The highest BCUT2D eigenvalue weighted by Crippen LogP contribution is 2.22. The number of rotatable bonds is 2. The molecule has 0 spiro atoms. The highest BCUT2D eigenvalue weighted by Gasteiger charge is 2.04. The highest BCUT2D eigenvalue weighted by molar-refractivity contribution is 9.09. The van der Waals surface area contributed by atoms with Crippen molar-refractivity contribution in [2.75, 3.05) is 10.6 Å². The summed E-state index contributed by atoms with van der Waals surface area (Å²) >= 11 is 3.12. The van der Waals surface area contributed by atoms with E-state index in [1.54, 1.807) is 0 Å². The number of aryl methyl sites for hydroxylation is 2. The van der Waals surface area contributed by atoms with E-state index < -0.39 is 0 Å². The number of amides is 1. The lowest BCUT2D eigenvalue weighted by Crippen LogP contribution is -2.11. The molecule has 0 saturated heterocycles. The molecule has 1 aromatic heterocycles. The first-order valence-electron chi connectivity index (χ1n) is 5.03. The molecule has 4 heteroatoms. The third-order valence-corrected chi connectivity index (χ3v) is 3.20. The number of hydrogen-bond donors (Lipinski definition) is 1. The van der Waals surface area contributed by atoms with Gasteiger partial charge in [-0.15, -0.1) is 0 Å². The van der Waals surface area contributed by atoms with Crippen molar-refractivity contribution >= 4 is 38.4 Å². The Labute approximate surface area is 103 Å². The van der Waals surface area contributed by atoms with Crippen molar-refractivity contribution in [3.8, 4) is 0 Å². The maximum absolute atomic E-state index is 11.2. The van der Waals surface area contributed by atoms with Crippen LogP contribution in [0.4, 0.5) is 5.69 Å². The van der Waals surface area contributed by atoms with Crippen LogP contribution in [0.1, 0.15) is 5.69 Å². The van der Waals surface area contributed by atoms with Crippen LogP contribution in [0.5, 0.6) is 0 Å². The van der Waals surface area contributed by atoms with E-state index in [0.717, 1.165) is 11.1 Å². The van der Waals surface area contributed by atoms with Crippen molar-refractivity contribution in [1.29, 1.82) is 0 Å². The minimum Gasteiger partial charge on any atom is -0.348 e. The van der Waals surface area contributed by atoms with Gasteiger partial charge in [0.1, 0.15) is 0 Å². The predicted molar refractivity (Wildman–Crippen MR) is 70.1 cm³/mol. The monoisotopic (exact) mass is 280 g/mol. The molecule has 0 unspecified atom stereocenters. The highest BCUT2D eigenvalue weighted by atomic mass is 79.9. The second kappa shape index (κ2) is 4.29. The summed E-state index contributed by atoms with van der Waals surface area (Å²) in [5.74, 6) is -0.0352. The fourth-order valence-corrected chi connectivity index (χ4v) is 1.90. The van der Waals surface area contributed by atoms with E-state index in [4.69, 9.17) is 0 Å². The molecule has 2 rings (SSSR count). The van der Waals surface area contributed by atoms with Crippen molar-refractivity contribution in [3.05, 3.63) is 30.0 Å². The van der Waals surface area contributed by atoms with Gasteiger partial charge in [-0.25, -0.2) is 0 Å². The van der Waals surface area contributed by atoms with Crippen LogP contribution < -0.4 is 5.32 Å². The van der Waals surface area contributed by atoms with Gasteiger partial charge in [0.05, 0.1) is 5.33 Å². The molecule has 84 valence electrons. The maximum atomic E-state index is 11.2. The molecule has 3 nitrogen and oxygen atoms in total. The lowest BCUT2D eigenvalue weighted by molar-refractivity contribution is -0.113. The molecule has 1 N–H and O–H groups in total. The standard InChI is InChI=1S/C12H13BrN2O/c1-8-5-9-6-10(14-12(16)7-13)3-4-11(9)15(8)2/h3-6H,7H2,1-2H3,(H,14,16). The third-order valence-electron chi connectivity index (χ3n) is 2.69. The average Bonchev–Trinajstić information content (AvgIpc) is 2.54. The van der Waals surface area contributed by atoms with Crippen molar-refractivity contribution in [2.24, 2.45) is 7.05 Å². The average molecular weight is 281 g/mol. The summed E-state index contributed by atoms with van der Waals surface area (Å²) < 4.78 is 2.13. The lowest BCUT2D eigenvalue weighted by atomic mass is 10.2. The molecule has 1 amide bonds. The number of nitrogens with one attached hydrogen (secondary N) is 1. The fourth-order valence-electron chi connectivity index (χ4n) is 1.76.